The minimum Gasteiger partial charge on any atom is -0.504 e. The van der Waals surface area contributed by atoms with E-state index in [4.69, 9.17) is 4.74 Å². The van der Waals surface area contributed by atoms with Gasteiger partial charge in [0.05, 0.1) is 10.7 Å². The largest absolute Gasteiger partial charge is 0.504 e. The van der Waals surface area contributed by atoms with Gasteiger partial charge in [-0.15, -0.1) is 0 Å². The zero-order chi connectivity index (χ0) is 17.7. The minimum atomic E-state index is -0.497. The molecule has 0 aliphatic rings. The first-order valence-electron chi connectivity index (χ1n) is 7.01. The number of aromatic hydroxyl groups is 1. The molecule has 24 heavy (non-hydrogen) atoms. The fourth-order valence-electron chi connectivity index (χ4n) is 1.98. The summed E-state index contributed by atoms with van der Waals surface area (Å²) in [4.78, 5) is 12.3. The van der Waals surface area contributed by atoms with Crippen molar-refractivity contribution < 1.29 is 14.6 Å². The number of benzene rings is 2. The van der Waals surface area contributed by atoms with Crippen LogP contribution in [-0.2, 0) is 4.79 Å². The first-order valence-corrected chi connectivity index (χ1v) is 8.08. The van der Waals surface area contributed by atoms with Crippen LogP contribution < -0.4 is 10.1 Å². The highest BCUT2D eigenvalue weighted by molar-refractivity contribution is 14.1. The second-order valence-corrected chi connectivity index (χ2v) is 6.21. The Morgan fingerprint density at radius 3 is 2.58 bits per heavy atom. The van der Waals surface area contributed by atoms with Gasteiger partial charge in [0.25, 0.3) is 5.91 Å². The molecule has 0 fully saturated rings. The number of nitrogens with one attached hydrogen (secondary N) is 1. The zero-order valence-electron chi connectivity index (χ0n) is 13.1. The summed E-state index contributed by atoms with van der Waals surface area (Å²) in [5.41, 5.74) is 2.24. The third-order valence-corrected chi connectivity index (χ3v) is 4.08. The SMILES string of the molecule is COc1cc(/C=C(/C#N)C(=O)Nc2ccc(C)cc2)cc(I)c1O. The second-order valence-electron chi connectivity index (χ2n) is 5.04. The van der Waals surface area contributed by atoms with Gasteiger partial charge in [-0.05, 0) is 65.4 Å². The summed E-state index contributed by atoms with van der Waals surface area (Å²) >= 11 is 1.95. The third kappa shape index (κ3) is 4.26. The number of phenolic OH excluding ortho intramolecular Hbond substituents is 1. The van der Waals surface area contributed by atoms with E-state index in [1.165, 1.54) is 13.2 Å². The Morgan fingerprint density at radius 2 is 2.00 bits per heavy atom. The Balaban J connectivity index is 2.29. The van der Waals surface area contributed by atoms with Crippen LogP contribution in [-0.4, -0.2) is 18.1 Å². The van der Waals surface area contributed by atoms with Gasteiger partial charge >= 0.3 is 0 Å². The van der Waals surface area contributed by atoms with E-state index in [9.17, 15) is 15.2 Å². The number of hydrogen-bond acceptors (Lipinski definition) is 4. The van der Waals surface area contributed by atoms with E-state index in [1.54, 1.807) is 24.3 Å². The number of aryl methyl sites for hydroxylation is 1. The summed E-state index contributed by atoms with van der Waals surface area (Å²) in [7, 11) is 1.44. The predicted molar refractivity (Wildman–Crippen MR) is 101 cm³/mol. The van der Waals surface area contributed by atoms with Crippen LogP contribution in [0.15, 0.2) is 42.0 Å². The summed E-state index contributed by atoms with van der Waals surface area (Å²) in [6.45, 7) is 1.95. The van der Waals surface area contributed by atoms with Gasteiger partial charge in [-0.1, -0.05) is 17.7 Å². The van der Waals surface area contributed by atoms with E-state index in [0.717, 1.165) is 5.56 Å². The summed E-state index contributed by atoms with van der Waals surface area (Å²) in [5.74, 6) is -0.189. The second kappa shape index (κ2) is 7.84. The number of amides is 1. The van der Waals surface area contributed by atoms with Crippen molar-refractivity contribution in [3.8, 4) is 17.6 Å². The first kappa shape index (κ1) is 17.8. The Bertz CT molecular complexity index is 837. The number of nitrogens with zero attached hydrogens (tertiary/aromatic N) is 1. The molecule has 2 aromatic carbocycles. The number of methoxy groups -OCH3 is 1. The molecule has 6 heteroatoms. The molecular formula is C18H15IN2O3. The average Bonchev–Trinajstić information content (AvgIpc) is 2.57. The molecule has 0 atom stereocenters. The van der Waals surface area contributed by atoms with E-state index in [1.807, 2.05) is 47.7 Å². The van der Waals surface area contributed by atoms with Crippen LogP contribution in [0.25, 0.3) is 6.08 Å². The highest BCUT2D eigenvalue weighted by Crippen LogP contribution is 2.33. The van der Waals surface area contributed by atoms with Crippen LogP contribution in [0, 0.1) is 21.8 Å². The van der Waals surface area contributed by atoms with Crippen molar-refractivity contribution in [3.63, 3.8) is 0 Å². The molecule has 2 N–H and O–H groups in total. The molecular weight excluding hydrogens is 419 g/mol. The summed E-state index contributed by atoms with van der Waals surface area (Å²) in [6.07, 6.45) is 1.45. The van der Waals surface area contributed by atoms with Crippen LogP contribution in [0.2, 0.25) is 0 Å². The minimum absolute atomic E-state index is 0.0258. The van der Waals surface area contributed by atoms with Crippen molar-refractivity contribution in [2.75, 3.05) is 12.4 Å². The molecule has 0 aliphatic carbocycles. The number of ether oxygens (including phenoxy) is 1. The highest BCUT2D eigenvalue weighted by atomic mass is 127. The molecule has 5 nitrogen and oxygen atoms in total. The molecule has 0 bridgehead atoms. The zero-order valence-corrected chi connectivity index (χ0v) is 15.3. The lowest BCUT2D eigenvalue weighted by atomic mass is 10.1. The van der Waals surface area contributed by atoms with Crippen molar-refractivity contribution in [3.05, 3.63) is 56.7 Å². The topological polar surface area (TPSA) is 82.3 Å². The van der Waals surface area contributed by atoms with Crippen LogP contribution in [0.1, 0.15) is 11.1 Å². The van der Waals surface area contributed by atoms with E-state index in [2.05, 4.69) is 5.32 Å². The summed E-state index contributed by atoms with van der Waals surface area (Å²) < 4.78 is 5.65. The van der Waals surface area contributed by atoms with Gasteiger partial charge < -0.3 is 15.2 Å². The lowest BCUT2D eigenvalue weighted by Crippen LogP contribution is -2.13. The van der Waals surface area contributed by atoms with Gasteiger partial charge in [-0.25, -0.2) is 0 Å². The van der Waals surface area contributed by atoms with Gasteiger partial charge in [0.15, 0.2) is 11.5 Å². The van der Waals surface area contributed by atoms with Gasteiger partial charge in [0.1, 0.15) is 11.6 Å². The summed E-state index contributed by atoms with van der Waals surface area (Å²) in [5, 5.41) is 21.8. The van der Waals surface area contributed by atoms with Gasteiger partial charge in [-0.2, -0.15) is 5.26 Å². The third-order valence-electron chi connectivity index (χ3n) is 3.26. The van der Waals surface area contributed by atoms with Gasteiger partial charge in [-0.3, -0.25) is 4.79 Å². The molecule has 122 valence electrons. The quantitative estimate of drug-likeness (QED) is 0.435. The van der Waals surface area contributed by atoms with Gasteiger partial charge in [0, 0.05) is 5.69 Å². The van der Waals surface area contributed by atoms with Crippen molar-refractivity contribution in [1.29, 1.82) is 5.26 Å². The maximum Gasteiger partial charge on any atom is 0.266 e. The Hall–Kier alpha value is -2.53. The van der Waals surface area contributed by atoms with Crippen LogP contribution >= 0.6 is 22.6 Å². The maximum atomic E-state index is 12.3. The van der Waals surface area contributed by atoms with E-state index < -0.39 is 5.91 Å². The van der Waals surface area contributed by atoms with Crippen LogP contribution in [0.3, 0.4) is 0 Å². The molecule has 1 amide bonds. The number of phenols is 1. The normalized spacial score (nSPS) is 10.8. The van der Waals surface area contributed by atoms with Crippen LogP contribution in [0.5, 0.6) is 11.5 Å². The lowest BCUT2D eigenvalue weighted by Gasteiger charge is -2.08. The molecule has 2 aromatic rings. The van der Waals surface area contributed by atoms with E-state index in [0.29, 0.717) is 14.8 Å². The van der Waals surface area contributed by atoms with Crippen molar-refractivity contribution in [2.24, 2.45) is 0 Å². The number of carbonyl (C=O) groups excluding carboxylic acids is 1. The van der Waals surface area contributed by atoms with Crippen LogP contribution in [0.4, 0.5) is 5.69 Å². The molecule has 0 saturated carbocycles. The van der Waals surface area contributed by atoms with Crippen molar-refractivity contribution in [1.82, 2.24) is 0 Å². The smallest absolute Gasteiger partial charge is 0.266 e. The fourth-order valence-corrected chi connectivity index (χ4v) is 2.61. The average molecular weight is 434 g/mol. The van der Waals surface area contributed by atoms with E-state index >= 15 is 0 Å². The first-order chi connectivity index (χ1) is 11.4. The van der Waals surface area contributed by atoms with Crippen molar-refractivity contribution >= 4 is 40.3 Å². The molecule has 2 rings (SSSR count). The molecule has 0 aromatic heterocycles. The standard InChI is InChI=1S/C18H15IN2O3/c1-11-3-5-14(6-4-11)21-18(23)13(10-20)7-12-8-15(19)17(22)16(9-12)24-2/h3-9,22H,1-2H3,(H,21,23)/b13-7-. The number of nitriles is 1. The Labute approximate surface area is 153 Å². The molecule has 0 radical (unpaired) electrons. The number of hydrogen-bond donors (Lipinski definition) is 2. The molecule has 0 saturated heterocycles. The van der Waals surface area contributed by atoms with Gasteiger partial charge in [0.2, 0.25) is 0 Å². The fraction of sp³-hybridized carbons (Fsp3) is 0.111. The Kier molecular flexibility index (Phi) is 5.82. The predicted octanol–water partition coefficient (Wildman–Crippen LogP) is 3.86. The maximum absolute atomic E-state index is 12.3. The summed E-state index contributed by atoms with van der Waals surface area (Å²) in [6, 6.07) is 12.4. The number of anilines is 1. The molecule has 0 aliphatic heterocycles. The van der Waals surface area contributed by atoms with E-state index in [-0.39, 0.29) is 17.1 Å². The number of carbonyl (C=O) groups is 1. The van der Waals surface area contributed by atoms with Crippen molar-refractivity contribution in [2.45, 2.75) is 6.92 Å². The number of rotatable bonds is 4. The monoisotopic (exact) mass is 434 g/mol. The lowest BCUT2D eigenvalue weighted by molar-refractivity contribution is -0.112. The highest BCUT2D eigenvalue weighted by Gasteiger charge is 2.12. The molecule has 0 spiro atoms. The molecule has 0 heterocycles. The molecule has 0 unspecified atom stereocenters. The number of halogens is 1. The Morgan fingerprint density at radius 1 is 1.33 bits per heavy atom.